The number of benzene rings is 3. The van der Waals surface area contributed by atoms with E-state index >= 15 is 0 Å². The van der Waals surface area contributed by atoms with Crippen molar-refractivity contribution in [3.63, 3.8) is 0 Å². The summed E-state index contributed by atoms with van der Waals surface area (Å²) in [7, 11) is 0. The minimum Gasteiger partial charge on any atom is -0.507 e. The fraction of sp³-hybridized carbons (Fsp3) is 0.190. The topological polar surface area (TPSA) is 63.3 Å². The number of phenols is 1. The average Bonchev–Trinajstić information content (AvgIpc) is 2.53. The Kier molecular flexibility index (Phi) is 3.80. The first-order valence-corrected chi connectivity index (χ1v) is 7.94. The summed E-state index contributed by atoms with van der Waals surface area (Å²) in [4.78, 5) is 11.4. The number of nitrogens with two attached hydrogens (primary N) is 1. The van der Waals surface area contributed by atoms with E-state index in [0.717, 1.165) is 21.9 Å². The number of hydrogen-bond acceptors (Lipinski definition) is 2. The van der Waals surface area contributed by atoms with Crippen LogP contribution in [0.5, 0.6) is 5.75 Å². The Morgan fingerprint density at radius 1 is 0.958 bits per heavy atom. The molecule has 0 aliphatic carbocycles. The van der Waals surface area contributed by atoms with Crippen LogP contribution in [0.2, 0.25) is 0 Å². The SMILES string of the molecule is CC(C)(C)c1ccc(-c2c(O)ccc3cc(C(N)=O)ccc23)cc1. The normalized spacial score (nSPS) is 11.6. The van der Waals surface area contributed by atoms with Gasteiger partial charge in [0.1, 0.15) is 5.75 Å². The van der Waals surface area contributed by atoms with Crippen molar-refractivity contribution in [1.29, 1.82) is 0 Å². The van der Waals surface area contributed by atoms with Crippen LogP contribution in [0.3, 0.4) is 0 Å². The predicted molar refractivity (Wildman–Crippen MR) is 98.3 cm³/mol. The average molecular weight is 319 g/mol. The van der Waals surface area contributed by atoms with Crippen LogP contribution in [0.25, 0.3) is 21.9 Å². The molecule has 1 amide bonds. The summed E-state index contributed by atoms with van der Waals surface area (Å²) in [5.41, 5.74) is 8.84. The van der Waals surface area contributed by atoms with Gasteiger partial charge in [-0.3, -0.25) is 4.79 Å². The summed E-state index contributed by atoms with van der Waals surface area (Å²) in [5.74, 6) is -0.237. The van der Waals surface area contributed by atoms with Gasteiger partial charge in [0.2, 0.25) is 5.91 Å². The fourth-order valence-corrected chi connectivity index (χ4v) is 2.91. The van der Waals surface area contributed by atoms with Crippen molar-refractivity contribution in [2.45, 2.75) is 26.2 Å². The maximum atomic E-state index is 11.4. The summed E-state index contributed by atoms with van der Waals surface area (Å²) in [6, 6.07) is 17.0. The summed E-state index contributed by atoms with van der Waals surface area (Å²) in [6.07, 6.45) is 0. The molecule has 0 fully saturated rings. The van der Waals surface area contributed by atoms with Crippen molar-refractivity contribution in [1.82, 2.24) is 0 Å². The standard InChI is InChI=1S/C21H21NO2/c1-21(2,3)16-8-4-13(5-9-16)19-17-10-6-15(20(22)24)12-14(17)7-11-18(19)23/h4-12,23H,1-3H3,(H2,22,24). The van der Waals surface area contributed by atoms with Gasteiger partial charge in [-0.05, 0) is 45.5 Å². The predicted octanol–water partition coefficient (Wildman–Crippen LogP) is 4.61. The molecule has 122 valence electrons. The van der Waals surface area contributed by atoms with Gasteiger partial charge >= 0.3 is 0 Å². The quantitative estimate of drug-likeness (QED) is 0.724. The van der Waals surface area contributed by atoms with Crippen LogP contribution < -0.4 is 5.73 Å². The van der Waals surface area contributed by atoms with Gasteiger partial charge in [-0.2, -0.15) is 0 Å². The van der Waals surface area contributed by atoms with Gasteiger partial charge in [0.15, 0.2) is 0 Å². The molecule has 3 rings (SSSR count). The highest BCUT2D eigenvalue weighted by atomic mass is 16.3. The highest BCUT2D eigenvalue weighted by Crippen LogP contribution is 2.37. The van der Waals surface area contributed by atoms with E-state index in [1.807, 2.05) is 18.2 Å². The molecule has 3 nitrogen and oxygen atoms in total. The maximum Gasteiger partial charge on any atom is 0.248 e. The highest BCUT2D eigenvalue weighted by Gasteiger charge is 2.15. The second-order valence-electron chi connectivity index (χ2n) is 7.09. The van der Waals surface area contributed by atoms with E-state index < -0.39 is 5.91 Å². The molecule has 3 aromatic carbocycles. The van der Waals surface area contributed by atoms with Crippen LogP contribution in [0, 0.1) is 0 Å². The van der Waals surface area contributed by atoms with Gasteiger partial charge in [0.25, 0.3) is 0 Å². The number of amides is 1. The molecule has 0 spiro atoms. The molecule has 0 aliphatic heterocycles. The number of rotatable bonds is 2. The molecule has 24 heavy (non-hydrogen) atoms. The number of carbonyl (C=O) groups excluding carboxylic acids is 1. The number of carbonyl (C=O) groups is 1. The maximum absolute atomic E-state index is 11.4. The lowest BCUT2D eigenvalue weighted by atomic mass is 9.86. The van der Waals surface area contributed by atoms with Gasteiger partial charge in [-0.1, -0.05) is 57.2 Å². The van der Waals surface area contributed by atoms with Crippen LogP contribution >= 0.6 is 0 Å². The van der Waals surface area contributed by atoms with Gasteiger partial charge in [-0.25, -0.2) is 0 Å². The Labute approximate surface area is 141 Å². The third-order valence-corrected chi connectivity index (χ3v) is 4.32. The first kappa shape index (κ1) is 16.1. The zero-order valence-electron chi connectivity index (χ0n) is 14.1. The minimum atomic E-state index is -0.457. The third kappa shape index (κ3) is 2.85. The molecule has 0 saturated heterocycles. The van der Waals surface area contributed by atoms with Crippen molar-refractivity contribution in [3.05, 3.63) is 65.7 Å². The number of phenolic OH excluding ortho intramolecular Hbond substituents is 1. The highest BCUT2D eigenvalue weighted by molar-refractivity contribution is 6.03. The van der Waals surface area contributed by atoms with Gasteiger partial charge in [-0.15, -0.1) is 0 Å². The molecule has 0 atom stereocenters. The molecule has 0 saturated carbocycles. The third-order valence-electron chi connectivity index (χ3n) is 4.32. The summed E-state index contributed by atoms with van der Waals surface area (Å²) < 4.78 is 0. The molecule has 3 heteroatoms. The molecular weight excluding hydrogens is 298 g/mol. The van der Waals surface area contributed by atoms with E-state index in [4.69, 9.17) is 5.73 Å². The summed E-state index contributed by atoms with van der Waals surface area (Å²) >= 11 is 0. The van der Waals surface area contributed by atoms with Crippen LogP contribution in [0.1, 0.15) is 36.7 Å². The van der Waals surface area contributed by atoms with Crippen molar-refractivity contribution >= 4 is 16.7 Å². The Hall–Kier alpha value is -2.81. The van der Waals surface area contributed by atoms with E-state index in [9.17, 15) is 9.90 Å². The molecular formula is C21H21NO2. The minimum absolute atomic E-state index is 0.0791. The summed E-state index contributed by atoms with van der Waals surface area (Å²) in [5, 5.41) is 12.1. The smallest absolute Gasteiger partial charge is 0.248 e. The Bertz CT molecular complexity index is 919. The molecule has 3 aromatic rings. The first-order valence-electron chi connectivity index (χ1n) is 7.94. The van der Waals surface area contributed by atoms with E-state index in [0.29, 0.717) is 5.56 Å². The van der Waals surface area contributed by atoms with E-state index in [1.165, 1.54) is 5.56 Å². The summed E-state index contributed by atoms with van der Waals surface area (Å²) in [6.45, 7) is 6.51. The monoisotopic (exact) mass is 319 g/mol. The van der Waals surface area contributed by atoms with Crippen LogP contribution in [-0.4, -0.2) is 11.0 Å². The molecule has 3 N–H and O–H groups in total. The van der Waals surface area contributed by atoms with Crippen LogP contribution in [-0.2, 0) is 5.41 Å². The molecule has 0 heterocycles. The Morgan fingerprint density at radius 2 is 1.62 bits per heavy atom. The van der Waals surface area contributed by atoms with Crippen LogP contribution in [0.4, 0.5) is 0 Å². The molecule has 0 aromatic heterocycles. The van der Waals surface area contributed by atoms with Crippen molar-refractivity contribution in [2.24, 2.45) is 5.73 Å². The molecule has 0 aliphatic rings. The lowest BCUT2D eigenvalue weighted by molar-refractivity contribution is 0.100. The van der Waals surface area contributed by atoms with Crippen molar-refractivity contribution in [2.75, 3.05) is 0 Å². The largest absolute Gasteiger partial charge is 0.507 e. The molecule has 0 radical (unpaired) electrons. The van der Waals surface area contributed by atoms with Gasteiger partial charge in [0, 0.05) is 11.1 Å². The molecule has 0 bridgehead atoms. The fourth-order valence-electron chi connectivity index (χ4n) is 2.91. The second-order valence-corrected chi connectivity index (χ2v) is 7.09. The lowest BCUT2D eigenvalue weighted by Crippen LogP contribution is -2.10. The number of fused-ring (bicyclic) bond motifs is 1. The van der Waals surface area contributed by atoms with Crippen LogP contribution in [0.15, 0.2) is 54.6 Å². The van der Waals surface area contributed by atoms with E-state index in [2.05, 4.69) is 32.9 Å². The first-order chi connectivity index (χ1) is 11.3. The second kappa shape index (κ2) is 5.68. The number of primary amides is 1. The van der Waals surface area contributed by atoms with Gasteiger partial charge in [0.05, 0.1) is 0 Å². The molecule has 0 unspecified atom stereocenters. The van der Waals surface area contributed by atoms with Gasteiger partial charge < -0.3 is 10.8 Å². The van der Waals surface area contributed by atoms with E-state index in [1.54, 1.807) is 24.3 Å². The lowest BCUT2D eigenvalue weighted by Gasteiger charge is -2.19. The Balaban J connectivity index is 2.18. The van der Waals surface area contributed by atoms with E-state index in [-0.39, 0.29) is 11.2 Å². The van der Waals surface area contributed by atoms with Crippen molar-refractivity contribution < 1.29 is 9.90 Å². The zero-order valence-corrected chi connectivity index (χ0v) is 14.1. The number of hydrogen-bond donors (Lipinski definition) is 2. The number of aromatic hydroxyl groups is 1. The Morgan fingerprint density at radius 3 is 2.21 bits per heavy atom. The van der Waals surface area contributed by atoms with Crippen molar-refractivity contribution in [3.8, 4) is 16.9 Å². The zero-order chi connectivity index (χ0) is 17.5.